The van der Waals surface area contributed by atoms with Crippen LogP contribution in [0.1, 0.15) is 15.9 Å². The third kappa shape index (κ3) is 3.80. The largest absolute Gasteiger partial charge is 0.489 e. The Morgan fingerprint density at radius 2 is 1.85 bits per heavy atom. The number of amides is 1. The number of aliphatic hydroxyl groups excluding tert-OH is 1. The summed E-state index contributed by atoms with van der Waals surface area (Å²) in [6, 6.07) is 12.7. The van der Waals surface area contributed by atoms with Crippen molar-refractivity contribution >= 4 is 5.91 Å². The van der Waals surface area contributed by atoms with Crippen LogP contribution in [0, 0.1) is 5.82 Å². The lowest BCUT2D eigenvalue weighted by Crippen LogP contribution is -2.44. The molecule has 2 saturated heterocycles. The van der Waals surface area contributed by atoms with Gasteiger partial charge in [-0.1, -0.05) is 18.2 Å². The minimum Gasteiger partial charge on any atom is -0.489 e. The van der Waals surface area contributed by atoms with Crippen LogP contribution in [0.3, 0.4) is 0 Å². The second-order valence-electron chi connectivity index (χ2n) is 6.65. The van der Waals surface area contributed by atoms with Crippen LogP contribution in [-0.2, 0) is 16.1 Å². The van der Waals surface area contributed by atoms with E-state index in [1.54, 1.807) is 42.5 Å². The minimum atomic E-state index is -0.650. The average molecular weight is 373 g/mol. The van der Waals surface area contributed by atoms with Crippen molar-refractivity contribution in [3.8, 4) is 5.75 Å². The monoisotopic (exact) mass is 373 g/mol. The molecule has 1 amide bonds. The van der Waals surface area contributed by atoms with Gasteiger partial charge in [0.1, 0.15) is 36.5 Å². The number of aliphatic hydroxyl groups is 1. The van der Waals surface area contributed by atoms with E-state index in [0.717, 1.165) is 0 Å². The third-order valence-corrected chi connectivity index (χ3v) is 4.81. The summed E-state index contributed by atoms with van der Waals surface area (Å²) in [5, 5.41) is 12.6. The van der Waals surface area contributed by atoms with Crippen molar-refractivity contribution in [3.63, 3.8) is 0 Å². The fourth-order valence-corrected chi connectivity index (χ4v) is 3.33. The van der Waals surface area contributed by atoms with Crippen molar-refractivity contribution in [3.05, 3.63) is 65.5 Å². The molecule has 2 N–H and O–H groups in total. The molecule has 2 aliphatic rings. The molecule has 4 rings (SSSR count). The number of rotatable bonds is 5. The van der Waals surface area contributed by atoms with Crippen LogP contribution in [0.4, 0.5) is 4.39 Å². The molecule has 0 bridgehead atoms. The van der Waals surface area contributed by atoms with Gasteiger partial charge in [-0.2, -0.15) is 0 Å². The maximum Gasteiger partial charge on any atom is 0.251 e. The predicted octanol–water partition coefficient (Wildman–Crippen LogP) is 1.66. The van der Waals surface area contributed by atoms with Gasteiger partial charge in [0.05, 0.1) is 19.3 Å². The summed E-state index contributed by atoms with van der Waals surface area (Å²) < 4.78 is 30.2. The van der Waals surface area contributed by atoms with Crippen LogP contribution < -0.4 is 10.1 Å². The zero-order chi connectivity index (χ0) is 18.8. The molecule has 6 nitrogen and oxygen atoms in total. The van der Waals surface area contributed by atoms with E-state index in [-0.39, 0.29) is 43.2 Å². The Bertz CT molecular complexity index is 812. The average Bonchev–Trinajstić information content (AvgIpc) is 3.25. The van der Waals surface area contributed by atoms with Crippen molar-refractivity contribution in [1.82, 2.24) is 5.32 Å². The zero-order valence-electron chi connectivity index (χ0n) is 14.5. The number of carbonyl (C=O) groups is 1. The summed E-state index contributed by atoms with van der Waals surface area (Å²) in [6.45, 7) is 0.637. The van der Waals surface area contributed by atoms with Gasteiger partial charge in [0.15, 0.2) is 0 Å². The van der Waals surface area contributed by atoms with Gasteiger partial charge in [0.2, 0.25) is 0 Å². The topological polar surface area (TPSA) is 77.0 Å². The van der Waals surface area contributed by atoms with Gasteiger partial charge >= 0.3 is 0 Å². The van der Waals surface area contributed by atoms with Gasteiger partial charge in [-0.25, -0.2) is 4.39 Å². The highest BCUT2D eigenvalue weighted by Crippen LogP contribution is 2.27. The Morgan fingerprint density at radius 3 is 2.63 bits per heavy atom. The Balaban J connectivity index is 1.33. The van der Waals surface area contributed by atoms with Gasteiger partial charge in [0.25, 0.3) is 5.91 Å². The number of ether oxygens (including phenoxy) is 3. The normalized spacial score (nSPS) is 26.6. The summed E-state index contributed by atoms with van der Waals surface area (Å²) in [4.78, 5) is 12.4. The maximum absolute atomic E-state index is 13.6. The van der Waals surface area contributed by atoms with Gasteiger partial charge < -0.3 is 24.6 Å². The number of benzene rings is 2. The molecule has 0 aromatic heterocycles. The van der Waals surface area contributed by atoms with E-state index in [4.69, 9.17) is 14.2 Å². The van der Waals surface area contributed by atoms with Crippen LogP contribution in [0.5, 0.6) is 5.75 Å². The molecule has 2 heterocycles. The molecule has 142 valence electrons. The van der Waals surface area contributed by atoms with Crippen LogP contribution in [-0.4, -0.2) is 48.6 Å². The number of halogens is 1. The highest BCUT2D eigenvalue weighted by molar-refractivity contribution is 5.94. The number of carbonyl (C=O) groups excluding carboxylic acids is 1. The Labute approximate surface area is 155 Å². The summed E-state index contributed by atoms with van der Waals surface area (Å²) in [5.74, 6) is -0.0268. The highest BCUT2D eigenvalue weighted by Gasteiger charge is 2.47. The smallest absolute Gasteiger partial charge is 0.251 e. The van der Waals surface area contributed by atoms with E-state index < -0.39 is 6.10 Å². The van der Waals surface area contributed by atoms with Crippen LogP contribution >= 0.6 is 0 Å². The molecule has 0 saturated carbocycles. The van der Waals surface area contributed by atoms with Gasteiger partial charge in [-0.15, -0.1) is 0 Å². The van der Waals surface area contributed by atoms with Gasteiger partial charge in [-0.05, 0) is 30.3 Å². The third-order valence-electron chi connectivity index (χ3n) is 4.81. The summed E-state index contributed by atoms with van der Waals surface area (Å²) >= 11 is 0. The van der Waals surface area contributed by atoms with E-state index in [1.165, 1.54) is 6.07 Å². The van der Waals surface area contributed by atoms with Crippen LogP contribution in [0.2, 0.25) is 0 Å². The second kappa shape index (κ2) is 7.64. The first kappa shape index (κ1) is 17.9. The van der Waals surface area contributed by atoms with Crippen molar-refractivity contribution in [2.24, 2.45) is 0 Å². The molecule has 2 aliphatic heterocycles. The SMILES string of the molecule is O=C(N[C@H]1CO[C@H]2[C@@H]1OC[C@@H]2O)c1ccc(OCc2ccccc2F)cc1. The maximum atomic E-state index is 13.6. The van der Waals surface area contributed by atoms with Gasteiger partial charge in [0, 0.05) is 11.1 Å². The number of nitrogens with one attached hydrogen (secondary N) is 1. The molecule has 2 fully saturated rings. The molecule has 0 aliphatic carbocycles. The van der Waals surface area contributed by atoms with Crippen LogP contribution in [0.25, 0.3) is 0 Å². The van der Waals surface area contributed by atoms with Crippen molar-refractivity contribution < 1.29 is 28.5 Å². The molecular formula is C20H20FNO5. The fraction of sp³-hybridized carbons (Fsp3) is 0.350. The lowest BCUT2D eigenvalue weighted by Gasteiger charge is -2.17. The number of hydrogen-bond acceptors (Lipinski definition) is 5. The molecule has 4 atom stereocenters. The van der Waals surface area contributed by atoms with Crippen molar-refractivity contribution in [1.29, 1.82) is 0 Å². The first-order chi connectivity index (χ1) is 13.1. The molecule has 0 radical (unpaired) electrons. The highest BCUT2D eigenvalue weighted by atomic mass is 19.1. The number of hydrogen-bond donors (Lipinski definition) is 2. The van der Waals surface area contributed by atoms with E-state index in [0.29, 0.717) is 23.5 Å². The van der Waals surface area contributed by atoms with Gasteiger partial charge in [-0.3, -0.25) is 4.79 Å². The fourth-order valence-electron chi connectivity index (χ4n) is 3.33. The van der Waals surface area contributed by atoms with E-state index in [1.807, 2.05) is 0 Å². The van der Waals surface area contributed by atoms with E-state index >= 15 is 0 Å². The Morgan fingerprint density at radius 1 is 1.11 bits per heavy atom. The lowest BCUT2D eigenvalue weighted by molar-refractivity contribution is 0.0178. The summed E-state index contributed by atoms with van der Waals surface area (Å²) in [6.07, 6.45) is -1.36. The molecular weight excluding hydrogens is 353 g/mol. The molecule has 2 aromatic rings. The molecule has 7 heteroatoms. The molecule has 0 unspecified atom stereocenters. The van der Waals surface area contributed by atoms with E-state index in [9.17, 15) is 14.3 Å². The first-order valence-corrected chi connectivity index (χ1v) is 8.80. The van der Waals surface area contributed by atoms with E-state index in [2.05, 4.69) is 5.32 Å². The Hall–Kier alpha value is -2.48. The molecule has 0 spiro atoms. The second-order valence-corrected chi connectivity index (χ2v) is 6.65. The molecule has 27 heavy (non-hydrogen) atoms. The number of fused-ring (bicyclic) bond motifs is 1. The quantitative estimate of drug-likeness (QED) is 0.834. The first-order valence-electron chi connectivity index (χ1n) is 8.80. The standard InChI is InChI=1S/C20H20FNO5/c21-15-4-2-1-3-13(15)9-25-14-7-5-12(6-8-14)20(24)22-16-10-26-19-17(23)11-27-18(16)19/h1-8,16-19,23H,9-11H2,(H,22,24)/t16-,17-,18+,19+/m0/s1. The Kier molecular flexibility index (Phi) is 5.07. The summed E-state index contributed by atoms with van der Waals surface area (Å²) in [7, 11) is 0. The predicted molar refractivity (Wildman–Crippen MR) is 93.9 cm³/mol. The minimum absolute atomic E-state index is 0.111. The summed E-state index contributed by atoms with van der Waals surface area (Å²) in [5.41, 5.74) is 0.934. The van der Waals surface area contributed by atoms with Crippen molar-refractivity contribution in [2.75, 3.05) is 13.2 Å². The van der Waals surface area contributed by atoms with Crippen LogP contribution in [0.15, 0.2) is 48.5 Å². The zero-order valence-corrected chi connectivity index (χ0v) is 14.5. The van der Waals surface area contributed by atoms with Crippen molar-refractivity contribution in [2.45, 2.75) is 31.0 Å². The lowest BCUT2D eigenvalue weighted by atomic mass is 10.1. The molecule has 2 aromatic carbocycles.